The molecule has 0 saturated heterocycles. The molecule has 8 heteroatoms. The number of tetrazole rings is 1. The van der Waals surface area contributed by atoms with Gasteiger partial charge in [0.15, 0.2) is 5.82 Å². The highest BCUT2D eigenvalue weighted by Crippen LogP contribution is 2.24. The van der Waals surface area contributed by atoms with Gasteiger partial charge in [-0.15, -0.1) is 10.2 Å². The number of aromatic amines is 1. The highest BCUT2D eigenvalue weighted by Gasteiger charge is 2.15. The van der Waals surface area contributed by atoms with Gasteiger partial charge in [0.25, 0.3) is 0 Å². The third-order valence-corrected chi connectivity index (χ3v) is 3.93. The fraction of sp³-hybridized carbons (Fsp3) is 0.0833. The van der Waals surface area contributed by atoms with Gasteiger partial charge in [-0.3, -0.25) is 4.72 Å². The van der Waals surface area contributed by atoms with E-state index < -0.39 is 10.0 Å². The lowest BCUT2D eigenvalue weighted by atomic mass is 10.1. The van der Waals surface area contributed by atoms with Crippen LogP contribution in [0.2, 0.25) is 0 Å². The molecule has 0 atom stereocenters. The summed E-state index contributed by atoms with van der Waals surface area (Å²) in [6.45, 7) is 0. The first kappa shape index (κ1) is 12.5. The summed E-state index contributed by atoms with van der Waals surface area (Å²) >= 11 is 0. The zero-order valence-electron chi connectivity index (χ0n) is 10.3. The van der Waals surface area contributed by atoms with E-state index in [1.165, 1.54) is 0 Å². The lowest BCUT2D eigenvalue weighted by Crippen LogP contribution is -2.16. The monoisotopic (exact) mass is 289 g/mol. The van der Waals surface area contributed by atoms with Crippen molar-refractivity contribution in [3.05, 3.63) is 48.3 Å². The Morgan fingerprint density at radius 3 is 2.70 bits per heavy atom. The van der Waals surface area contributed by atoms with Crippen LogP contribution in [0.1, 0.15) is 5.82 Å². The van der Waals surface area contributed by atoms with Crippen LogP contribution in [-0.2, 0) is 15.8 Å². The average Bonchev–Trinajstić information content (AvgIpc) is 2.91. The second-order valence-corrected chi connectivity index (χ2v) is 5.94. The Hall–Kier alpha value is -2.48. The number of hydrogen-bond donors (Lipinski definition) is 2. The molecule has 0 aliphatic heterocycles. The Morgan fingerprint density at radius 2 is 1.90 bits per heavy atom. The molecule has 0 amide bonds. The van der Waals surface area contributed by atoms with E-state index >= 15 is 0 Å². The van der Waals surface area contributed by atoms with Gasteiger partial charge in [0.05, 0.1) is 5.69 Å². The number of anilines is 1. The van der Waals surface area contributed by atoms with Crippen molar-refractivity contribution in [3.8, 4) is 0 Å². The van der Waals surface area contributed by atoms with Gasteiger partial charge in [-0.05, 0) is 11.5 Å². The Kier molecular flexibility index (Phi) is 3.07. The number of sulfonamides is 1. The third-order valence-electron chi connectivity index (χ3n) is 2.76. The van der Waals surface area contributed by atoms with E-state index in [1.807, 2.05) is 30.3 Å². The van der Waals surface area contributed by atoms with Crippen molar-refractivity contribution >= 4 is 26.5 Å². The summed E-state index contributed by atoms with van der Waals surface area (Å²) < 4.78 is 26.7. The molecule has 1 aromatic heterocycles. The van der Waals surface area contributed by atoms with Crippen molar-refractivity contribution in [2.45, 2.75) is 5.75 Å². The number of nitrogens with one attached hydrogen (secondary N) is 2. The number of benzene rings is 2. The largest absolute Gasteiger partial charge is 0.283 e. The molecule has 2 aromatic carbocycles. The normalized spacial score (nSPS) is 11.6. The molecule has 20 heavy (non-hydrogen) atoms. The molecule has 3 aromatic rings. The first-order chi connectivity index (χ1) is 9.64. The molecule has 0 bridgehead atoms. The molecule has 0 fully saturated rings. The van der Waals surface area contributed by atoms with E-state index in [4.69, 9.17) is 0 Å². The second-order valence-electron chi connectivity index (χ2n) is 4.22. The molecule has 0 unspecified atom stereocenters. The maximum Gasteiger partial charge on any atom is 0.240 e. The van der Waals surface area contributed by atoms with Crippen molar-refractivity contribution in [1.82, 2.24) is 20.6 Å². The van der Waals surface area contributed by atoms with Crippen LogP contribution in [0.5, 0.6) is 0 Å². The highest BCUT2D eigenvalue weighted by molar-refractivity contribution is 7.91. The number of H-pyrrole nitrogens is 1. The summed E-state index contributed by atoms with van der Waals surface area (Å²) in [6, 6.07) is 13.0. The Labute approximate surface area is 115 Å². The van der Waals surface area contributed by atoms with Gasteiger partial charge in [0.2, 0.25) is 10.0 Å². The molecule has 0 radical (unpaired) electrons. The van der Waals surface area contributed by atoms with Gasteiger partial charge in [-0.2, -0.15) is 5.21 Å². The Morgan fingerprint density at radius 1 is 1.10 bits per heavy atom. The number of fused-ring (bicyclic) bond motifs is 1. The molecular weight excluding hydrogens is 278 g/mol. The van der Waals surface area contributed by atoms with Gasteiger partial charge in [0.1, 0.15) is 5.75 Å². The van der Waals surface area contributed by atoms with E-state index in [9.17, 15) is 8.42 Å². The van der Waals surface area contributed by atoms with Gasteiger partial charge in [-0.25, -0.2) is 8.42 Å². The second kappa shape index (κ2) is 4.89. The summed E-state index contributed by atoms with van der Waals surface area (Å²) in [5, 5.41) is 14.6. The minimum Gasteiger partial charge on any atom is -0.283 e. The molecule has 0 aliphatic carbocycles. The van der Waals surface area contributed by atoms with Crippen molar-refractivity contribution in [1.29, 1.82) is 0 Å². The number of hydrogen-bond acceptors (Lipinski definition) is 5. The van der Waals surface area contributed by atoms with Crippen LogP contribution in [0.25, 0.3) is 10.8 Å². The van der Waals surface area contributed by atoms with Crippen LogP contribution in [0.15, 0.2) is 42.5 Å². The van der Waals surface area contributed by atoms with Gasteiger partial charge < -0.3 is 0 Å². The first-order valence-electron chi connectivity index (χ1n) is 5.85. The standard InChI is InChI=1S/C12H11N5O2S/c18-20(19,8-12-13-16-17-14-12)15-11-7-3-5-9-4-1-2-6-10(9)11/h1-7,15H,8H2,(H,13,14,16,17). The molecule has 0 spiro atoms. The minimum atomic E-state index is -3.58. The molecule has 1 heterocycles. The molecule has 102 valence electrons. The zero-order valence-corrected chi connectivity index (χ0v) is 11.1. The van der Waals surface area contributed by atoms with Crippen LogP contribution in [0.4, 0.5) is 5.69 Å². The predicted octanol–water partition coefficient (Wildman–Crippen LogP) is 1.29. The highest BCUT2D eigenvalue weighted by atomic mass is 32.2. The van der Waals surface area contributed by atoms with Crippen molar-refractivity contribution in [2.24, 2.45) is 0 Å². The summed E-state index contributed by atoms with van der Waals surface area (Å²) in [7, 11) is -3.58. The van der Waals surface area contributed by atoms with Crippen molar-refractivity contribution in [3.63, 3.8) is 0 Å². The SMILES string of the molecule is O=S(=O)(Cc1nn[nH]n1)Nc1cccc2ccccc12. The predicted molar refractivity (Wildman–Crippen MR) is 74.4 cm³/mol. The van der Waals surface area contributed by atoms with Gasteiger partial charge in [-0.1, -0.05) is 41.6 Å². The molecule has 3 rings (SSSR count). The quantitative estimate of drug-likeness (QED) is 0.753. The summed E-state index contributed by atoms with van der Waals surface area (Å²) in [4.78, 5) is 0. The summed E-state index contributed by atoms with van der Waals surface area (Å²) in [5.74, 6) is -0.204. The molecule has 7 nitrogen and oxygen atoms in total. The summed E-state index contributed by atoms with van der Waals surface area (Å²) in [6.07, 6.45) is 0. The Balaban J connectivity index is 1.93. The van der Waals surface area contributed by atoms with E-state index in [2.05, 4.69) is 25.3 Å². The van der Waals surface area contributed by atoms with Gasteiger partial charge in [0, 0.05) is 5.39 Å². The Bertz CT molecular complexity index is 825. The average molecular weight is 289 g/mol. The number of nitrogens with zero attached hydrogens (tertiary/aromatic N) is 3. The maximum atomic E-state index is 12.1. The minimum absolute atomic E-state index is 0.123. The van der Waals surface area contributed by atoms with Crippen molar-refractivity contribution in [2.75, 3.05) is 4.72 Å². The van der Waals surface area contributed by atoms with Crippen molar-refractivity contribution < 1.29 is 8.42 Å². The fourth-order valence-electron chi connectivity index (χ4n) is 1.93. The van der Waals surface area contributed by atoms with E-state index in [1.54, 1.807) is 12.1 Å². The lowest BCUT2D eigenvalue weighted by molar-refractivity contribution is 0.599. The lowest BCUT2D eigenvalue weighted by Gasteiger charge is -2.09. The molecular formula is C12H11N5O2S. The zero-order chi connectivity index (χ0) is 14.0. The molecule has 0 saturated carbocycles. The van der Waals surface area contributed by atoms with Crippen LogP contribution in [0, 0.1) is 0 Å². The maximum absolute atomic E-state index is 12.1. The van der Waals surface area contributed by atoms with Crippen LogP contribution in [0.3, 0.4) is 0 Å². The van der Waals surface area contributed by atoms with E-state index in [-0.39, 0.29) is 11.6 Å². The molecule has 2 N–H and O–H groups in total. The molecule has 0 aliphatic rings. The van der Waals surface area contributed by atoms with E-state index in [0.717, 1.165) is 10.8 Å². The number of rotatable bonds is 4. The summed E-state index contributed by atoms with van der Waals surface area (Å²) in [5.41, 5.74) is 0.534. The fourth-order valence-corrected chi connectivity index (χ4v) is 2.98. The third kappa shape index (κ3) is 2.59. The van der Waals surface area contributed by atoms with Gasteiger partial charge >= 0.3 is 0 Å². The van der Waals surface area contributed by atoms with Crippen LogP contribution >= 0.6 is 0 Å². The smallest absolute Gasteiger partial charge is 0.240 e. The first-order valence-corrected chi connectivity index (χ1v) is 7.50. The number of aromatic nitrogens is 4. The van der Waals surface area contributed by atoms with E-state index in [0.29, 0.717) is 5.69 Å². The van der Waals surface area contributed by atoms with Crippen LogP contribution in [-0.4, -0.2) is 29.0 Å². The van der Waals surface area contributed by atoms with Crippen LogP contribution < -0.4 is 4.72 Å². The topological polar surface area (TPSA) is 101 Å².